The van der Waals surface area contributed by atoms with Crippen LogP contribution in [0.1, 0.15) is 85.5 Å². The van der Waals surface area contributed by atoms with Crippen molar-refractivity contribution in [2.75, 3.05) is 0 Å². The molecule has 0 heterocycles. The quantitative estimate of drug-likeness (QED) is 0.389. The van der Waals surface area contributed by atoms with Gasteiger partial charge < -0.3 is 0 Å². The molecule has 1 aliphatic rings. The number of rotatable bonds is 4. The van der Waals surface area contributed by atoms with Crippen LogP contribution in [0.2, 0.25) is 0 Å². The molecule has 92 valence electrons. The molecule has 0 saturated carbocycles. The van der Waals surface area contributed by atoms with Crippen LogP contribution >= 0.6 is 0 Å². The van der Waals surface area contributed by atoms with E-state index < -0.39 is 0 Å². The fourth-order valence-electron chi connectivity index (χ4n) is 1.44. The third-order valence-corrected chi connectivity index (χ3v) is 2.37. The first-order chi connectivity index (χ1) is 7.41. The van der Waals surface area contributed by atoms with E-state index in [0.29, 0.717) is 0 Å². The molecule has 1 rings (SSSR count). The number of hydrogen-bond acceptors (Lipinski definition) is 0. The molecule has 0 heteroatoms. The summed E-state index contributed by atoms with van der Waals surface area (Å²) in [5.41, 5.74) is 0. The molecular weight excluding hydrogens is 180 g/mol. The first-order valence-electron chi connectivity index (χ1n) is 7.06. The lowest BCUT2D eigenvalue weighted by Gasteiger charge is -1.97. The molecule has 15 heavy (non-hydrogen) atoms. The molecule has 0 aromatic rings. The molecule has 0 aromatic carbocycles. The van der Waals surface area contributed by atoms with Gasteiger partial charge in [-0.15, -0.1) is 0 Å². The molecule has 0 aliphatic heterocycles. The summed E-state index contributed by atoms with van der Waals surface area (Å²) in [6, 6.07) is 0. The van der Waals surface area contributed by atoms with Crippen molar-refractivity contribution in [1.29, 1.82) is 0 Å². The van der Waals surface area contributed by atoms with E-state index in [0.717, 1.165) is 0 Å². The van der Waals surface area contributed by atoms with Gasteiger partial charge >= 0.3 is 0 Å². The zero-order valence-electron chi connectivity index (χ0n) is 11.5. The zero-order chi connectivity index (χ0) is 11.8. The van der Waals surface area contributed by atoms with E-state index in [1.54, 1.807) is 0 Å². The van der Waals surface area contributed by atoms with E-state index in [1.165, 1.54) is 57.8 Å². The van der Waals surface area contributed by atoms with Gasteiger partial charge in [-0.1, -0.05) is 72.0 Å². The minimum Gasteiger partial charge on any atom is -0.0885 e. The Morgan fingerprint density at radius 3 is 1.33 bits per heavy atom. The van der Waals surface area contributed by atoms with E-state index in [9.17, 15) is 0 Å². The van der Waals surface area contributed by atoms with Crippen molar-refractivity contribution in [1.82, 2.24) is 0 Å². The lowest BCUT2D eigenvalue weighted by atomic mass is 10.1. The van der Waals surface area contributed by atoms with E-state index in [2.05, 4.69) is 26.0 Å². The molecule has 0 aromatic heterocycles. The Balaban J connectivity index is 0. The fourth-order valence-corrected chi connectivity index (χ4v) is 1.44. The highest BCUT2D eigenvalue weighted by atomic mass is 13.9. The minimum absolute atomic E-state index is 1.32. The summed E-state index contributed by atoms with van der Waals surface area (Å²) < 4.78 is 0. The maximum Gasteiger partial charge on any atom is -0.0351 e. The van der Waals surface area contributed by atoms with Crippen LogP contribution < -0.4 is 0 Å². The topological polar surface area (TPSA) is 0 Å². The van der Waals surface area contributed by atoms with E-state index >= 15 is 0 Å². The van der Waals surface area contributed by atoms with Gasteiger partial charge in [-0.25, -0.2) is 0 Å². The summed E-state index contributed by atoms with van der Waals surface area (Å²) in [7, 11) is 0. The Morgan fingerprint density at radius 1 is 0.733 bits per heavy atom. The van der Waals surface area contributed by atoms with Crippen molar-refractivity contribution < 1.29 is 0 Å². The Labute approximate surface area is 98.2 Å². The highest BCUT2D eigenvalue weighted by Gasteiger charge is 1.87. The molecule has 0 saturated heterocycles. The Morgan fingerprint density at radius 2 is 1.13 bits per heavy atom. The summed E-state index contributed by atoms with van der Waals surface area (Å²) in [5, 5.41) is 0. The molecule has 0 unspecified atom stereocenters. The molecule has 0 nitrogen and oxygen atoms in total. The van der Waals surface area contributed by atoms with Crippen LogP contribution in [0.5, 0.6) is 0 Å². The molecule has 0 bridgehead atoms. The van der Waals surface area contributed by atoms with Crippen LogP contribution in [0.3, 0.4) is 0 Å². The number of unbranched alkanes of at least 4 members (excludes halogenated alkanes) is 4. The Hall–Kier alpha value is -0.260. The van der Waals surface area contributed by atoms with Crippen molar-refractivity contribution in [2.45, 2.75) is 85.5 Å². The summed E-state index contributed by atoms with van der Waals surface area (Å²) >= 11 is 0. The van der Waals surface area contributed by atoms with Gasteiger partial charge in [-0.05, 0) is 25.7 Å². The van der Waals surface area contributed by atoms with Crippen LogP contribution in [0.15, 0.2) is 12.2 Å². The van der Waals surface area contributed by atoms with Gasteiger partial charge in [0.25, 0.3) is 0 Å². The fraction of sp³-hybridized carbons (Fsp3) is 0.867. The number of allylic oxidation sites excluding steroid dienone is 2. The van der Waals surface area contributed by atoms with Gasteiger partial charge in [-0.2, -0.15) is 0 Å². The summed E-state index contributed by atoms with van der Waals surface area (Å²) in [5.74, 6) is 0. The van der Waals surface area contributed by atoms with Crippen molar-refractivity contribution in [2.24, 2.45) is 0 Å². The van der Waals surface area contributed by atoms with Crippen LogP contribution in [0.25, 0.3) is 0 Å². The second-order valence-corrected chi connectivity index (χ2v) is 3.82. The van der Waals surface area contributed by atoms with Gasteiger partial charge in [0.2, 0.25) is 0 Å². The van der Waals surface area contributed by atoms with Crippen molar-refractivity contribution in [3.8, 4) is 0 Å². The predicted octanol–water partition coefficient (Wildman–Crippen LogP) is 6.12. The molecule has 1 aliphatic carbocycles. The summed E-state index contributed by atoms with van der Waals surface area (Å²) in [6.07, 6.45) is 17.0. The van der Waals surface area contributed by atoms with E-state index in [-0.39, 0.29) is 0 Å². The molecule has 0 amide bonds. The number of hydrogen-bond donors (Lipinski definition) is 0. The van der Waals surface area contributed by atoms with Crippen LogP contribution in [0, 0.1) is 0 Å². The van der Waals surface area contributed by atoms with Gasteiger partial charge in [-0.3, -0.25) is 0 Å². The molecule has 0 fully saturated rings. The lowest BCUT2D eigenvalue weighted by molar-refractivity contribution is 0.656. The first-order valence-corrected chi connectivity index (χ1v) is 7.06. The highest BCUT2D eigenvalue weighted by Crippen LogP contribution is 2.07. The summed E-state index contributed by atoms with van der Waals surface area (Å²) in [4.78, 5) is 0. The summed E-state index contributed by atoms with van der Waals surface area (Å²) in [6.45, 7) is 8.49. The first kappa shape index (κ1) is 17.1. The molecule has 0 N–H and O–H groups in total. The average molecular weight is 212 g/mol. The predicted molar refractivity (Wildman–Crippen MR) is 73.4 cm³/mol. The molecule has 0 radical (unpaired) electrons. The van der Waals surface area contributed by atoms with E-state index in [4.69, 9.17) is 0 Å². The molecule has 0 atom stereocenters. The monoisotopic (exact) mass is 212 g/mol. The van der Waals surface area contributed by atoms with Gasteiger partial charge in [0.15, 0.2) is 0 Å². The third kappa shape index (κ3) is 20.0. The smallest absolute Gasteiger partial charge is 0.0351 e. The van der Waals surface area contributed by atoms with Crippen molar-refractivity contribution in [3.05, 3.63) is 12.2 Å². The zero-order valence-corrected chi connectivity index (χ0v) is 11.5. The maximum absolute atomic E-state index is 2.27. The molecule has 0 spiro atoms. The third-order valence-electron chi connectivity index (χ3n) is 2.37. The standard InChI is InChI=1S/C7H16.C6H10.C2H6/c1-3-5-7-6-4-2;1-2-4-6-5-3-1;1-2/h3-7H2,1-2H3;1-2H,3-6H2;1-2H3. The van der Waals surface area contributed by atoms with Gasteiger partial charge in [0, 0.05) is 0 Å². The molecular formula is C15H32. The van der Waals surface area contributed by atoms with Gasteiger partial charge in [0.1, 0.15) is 0 Å². The largest absolute Gasteiger partial charge is 0.0885 e. The lowest BCUT2D eigenvalue weighted by Crippen LogP contribution is -1.77. The van der Waals surface area contributed by atoms with Crippen molar-refractivity contribution >= 4 is 0 Å². The SMILES string of the molecule is C1=CCCCC1.CC.CCCCCCC. The Kier molecular flexibility index (Phi) is 22.1. The second-order valence-electron chi connectivity index (χ2n) is 3.82. The van der Waals surface area contributed by atoms with Crippen molar-refractivity contribution in [3.63, 3.8) is 0 Å². The van der Waals surface area contributed by atoms with Crippen LogP contribution in [0.4, 0.5) is 0 Å². The van der Waals surface area contributed by atoms with Crippen LogP contribution in [-0.2, 0) is 0 Å². The Bertz CT molecular complexity index is 90.6. The minimum atomic E-state index is 1.32. The highest BCUT2D eigenvalue weighted by molar-refractivity contribution is 4.85. The van der Waals surface area contributed by atoms with Crippen LogP contribution in [-0.4, -0.2) is 0 Å². The van der Waals surface area contributed by atoms with Gasteiger partial charge in [0.05, 0.1) is 0 Å². The van der Waals surface area contributed by atoms with E-state index in [1.807, 2.05) is 13.8 Å². The normalized spacial score (nSPS) is 13.3. The second kappa shape index (κ2) is 19.3. The average Bonchev–Trinajstić information content (AvgIpc) is 2.35. The maximum atomic E-state index is 2.27.